The van der Waals surface area contributed by atoms with E-state index in [0.717, 1.165) is 4.31 Å². The fourth-order valence-corrected chi connectivity index (χ4v) is 3.98. The number of rotatable bonds is 10. The molecule has 2 heterocycles. The average Bonchev–Trinajstić information content (AvgIpc) is 3.24. The second-order valence-corrected chi connectivity index (χ2v) is 8.26. The number of aryl methyl sites for hydroxylation is 3. The topological polar surface area (TPSA) is 130 Å². The number of nitrogens with zero attached hydrogens (tertiary/aromatic N) is 3. The number of carbonyl (C=O) groups is 1. The number of furan rings is 1. The Labute approximate surface area is 171 Å². The molecule has 0 aliphatic carbocycles. The monoisotopic (exact) mass is 427 g/mol. The lowest BCUT2D eigenvalue weighted by Crippen LogP contribution is -2.47. The van der Waals surface area contributed by atoms with Crippen molar-refractivity contribution in [3.05, 3.63) is 30.0 Å². The molecule has 162 valence electrons. The van der Waals surface area contributed by atoms with E-state index >= 15 is 0 Å². The normalized spacial score (nSPS) is 12.6. The lowest BCUT2D eigenvalue weighted by atomic mass is 10.2. The van der Waals surface area contributed by atoms with E-state index in [9.17, 15) is 18.3 Å². The summed E-state index contributed by atoms with van der Waals surface area (Å²) in [7, 11) is -2.64. The molecule has 0 bridgehead atoms. The molecule has 1 unspecified atom stereocenters. The zero-order valence-electron chi connectivity index (χ0n) is 17.2. The van der Waals surface area contributed by atoms with Crippen molar-refractivity contribution in [3.8, 4) is 0 Å². The first-order chi connectivity index (χ1) is 13.7. The third kappa shape index (κ3) is 5.97. The van der Waals surface area contributed by atoms with Crippen molar-refractivity contribution >= 4 is 27.6 Å². The molecule has 1 atom stereocenters. The second kappa shape index (κ2) is 9.79. The number of carbonyl (C=O) groups excluding carboxylic acids is 1. The first-order valence-electron chi connectivity index (χ1n) is 9.59. The van der Waals surface area contributed by atoms with Gasteiger partial charge in [-0.25, -0.2) is 13.8 Å². The first-order valence-corrected chi connectivity index (χ1v) is 11.0. The van der Waals surface area contributed by atoms with Crippen molar-refractivity contribution in [1.82, 2.24) is 14.5 Å². The van der Waals surface area contributed by atoms with Crippen LogP contribution in [0.3, 0.4) is 0 Å². The Hall–Kier alpha value is -2.53. The van der Waals surface area contributed by atoms with E-state index in [1.807, 2.05) is 25.5 Å². The minimum Gasteiger partial charge on any atom is -0.464 e. The summed E-state index contributed by atoms with van der Waals surface area (Å²) in [4.78, 5) is 12.4. The fourth-order valence-electron chi connectivity index (χ4n) is 2.84. The van der Waals surface area contributed by atoms with Crippen LogP contribution in [-0.2, 0) is 30.1 Å². The minimum absolute atomic E-state index is 0.200. The van der Waals surface area contributed by atoms with Crippen molar-refractivity contribution in [2.75, 3.05) is 16.2 Å². The molecule has 0 spiro atoms. The van der Waals surface area contributed by atoms with Gasteiger partial charge in [0.2, 0.25) is 0 Å². The van der Waals surface area contributed by atoms with Gasteiger partial charge >= 0.3 is 16.2 Å². The third-order valence-electron chi connectivity index (χ3n) is 4.27. The fraction of sp³-hybridized carbons (Fsp3) is 0.556. The number of amides is 2. The number of nitrogens with one attached hydrogen (secondary N) is 2. The van der Waals surface area contributed by atoms with Crippen LogP contribution in [0.1, 0.15) is 45.1 Å². The molecule has 0 radical (unpaired) electrons. The molecule has 11 heteroatoms. The van der Waals surface area contributed by atoms with Crippen LogP contribution in [0.5, 0.6) is 0 Å². The Morgan fingerprint density at radius 1 is 1.34 bits per heavy atom. The molecule has 2 amide bonds. The Kier molecular flexibility index (Phi) is 7.68. The van der Waals surface area contributed by atoms with Crippen molar-refractivity contribution in [2.45, 2.75) is 52.6 Å². The lowest BCUT2D eigenvalue weighted by Gasteiger charge is -2.25. The number of aliphatic hydroxyl groups is 1. The quantitative estimate of drug-likeness (QED) is 0.533. The van der Waals surface area contributed by atoms with Crippen LogP contribution in [0.15, 0.2) is 22.9 Å². The highest BCUT2D eigenvalue weighted by Gasteiger charge is 2.28. The zero-order valence-corrected chi connectivity index (χ0v) is 18.0. The third-order valence-corrected chi connectivity index (χ3v) is 5.65. The summed E-state index contributed by atoms with van der Waals surface area (Å²) in [5, 5.41) is 16.6. The Balaban J connectivity index is 2.20. The second-order valence-electron chi connectivity index (χ2n) is 6.66. The smallest absolute Gasteiger partial charge is 0.334 e. The maximum absolute atomic E-state index is 12.9. The van der Waals surface area contributed by atoms with Gasteiger partial charge in [0.1, 0.15) is 11.5 Å². The van der Waals surface area contributed by atoms with Crippen LogP contribution >= 0.6 is 0 Å². The highest BCUT2D eigenvalue weighted by Crippen LogP contribution is 2.22. The summed E-state index contributed by atoms with van der Waals surface area (Å²) < 4.78 is 35.7. The van der Waals surface area contributed by atoms with E-state index in [0.29, 0.717) is 42.9 Å². The highest BCUT2D eigenvalue weighted by atomic mass is 32.2. The maximum Gasteiger partial charge on any atom is 0.334 e. The molecule has 0 saturated carbocycles. The first kappa shape index (κ1) is 22.8. The van der Waals surface area contributed by atoms with Crippen LogP contribution in [-0.4, -0.2) is 42.0 Å². The van der Waals surface area contributed by atoms with Crippen LogP contribution in [0.4, 0.5) is 16.2 Å². The Morgan fingerprint density at radius 3 is 2.62 bits per heavy atom. The summed E-state index contributed by atoms with van der Waals surface area (Å²) in [6.45, 7) is 5.48. The molecular weight excluding hydrogens is 398 g/mol. The van der Waals surface area contributed by atoms with E-state index in [-0.39, 0.29) is 12.2 Å². The van der Waals surface area contributed by atoms with Crippen LogP contribution in [0.2, 0.25) is 0 Å². The van der Waals surface area contributed by atoms with Crippen LogP contribution < -0.4 is 14.3 Å². The standard InChI is InChI=1S/C18H29N5O5S/c1-5-8-14(24)12-23(13-10-19-22(4)11-13)29(26,27)21-18(25)20-16-9-15(6-2)28-17(16)7-3/h9-11,14,24H,5-8,12H2,1-4H3,(H2,20,21,25). The van der Waals surface area contributed by atoms with E-state index in [1.165, 1.54) is 17.1 Å². The van der Waals surface area contributed by atoms with E-state index < -0.39 is 22.3 Å². The molecular formula is C18H29N5O5S. The number of anilines is 2. The Bertz CT molecular complexity index is 921. The number of hydrogen-bond donors (Lipinski definition) is 3. The number of hydrogen-bond acceptors (Lipinski definition) is 6. The van der Waals surface area contributed by atoms with E-state index in [1.54, 1.807) is 13.1 Å². The highest BCUT2D eigenvalue weighted by molar-refractivity contribution is 7.91. The predicted molar refractivity (Wildman–Crippen MR) is 110 cm³/mol. The largest absolute Gasteiger partial charge is 0.464 e. The summed E-state index contributed by atoms with van der Waals surface area (Å²) in [6.07, 6.45) is 4.28. The average molecular weight is 428 g/mol. The van der Waals surface area contributed by atoms with Gasteiger partial charge in [0.25, 0.3) is 0 Å². The van der Waals surface area contributed by atoms with Crippen LogP contribution in [0.25, 0.3) is 0 Å². The molecule has 0 saturated heterocycles. The number of aliphatic hydroxyl groups excluding tert-OH is 1. The molecule has 29 heavy (non-hydrogen) atoms. The van der Waals surface area contributed by atoms with Crippen molar-refractivity contribution in [2.24, 2.45) is 7.05 Å². The summed E-state index contributed by atoms with van der Waals surface area (Å²) in [5.41, 5.74) is 0.671. The van der Waals surface area contributed by atoms with Gasteiger partial charge in [-0.3, -0.25) is 4.68 Å². The molecule has 2 aromatic heterocycles. The van der Waals surface area contributed by atoms with Gasteiger partial charge < -0.3 is 14.8 Å². The van der Waals surface area contributed by atoms with Crippen molar-refractivity contribution in [3.63, 3.8) is 0 Å². The summed E-state index contributed by atoms with van der Waals surface area (Å²) in [5.74, 6) is 1.26. The van der Waals surface area contributed by atoms with Crippen LogP contribution in [0, 0.1) is 0 Å². The molecule has 2 rings (SSSR count). The van der Waals surface area contributed by atoms with Gasteiger partial charge in [0.05, 0.1) is 30.2 Å². The van der Waals surface area contributed by atoms with Crippen molar-refractivity contribution in [1.29, 1.82) is 0 Å². The molecule has 0 aliphatic rings. The molecule has 0 aliphatic heterocycles. The maximum atomic E-state index is 12.9. The molecule has 3 N–H and O–H groups in total. The van der Waals surface area contributed by atoms with Gasteiger partial charge in [-0.2, -0.15) is 13.5 Å². The van der Waals surface area contributed by atoms with Crippen molar-refractivity contribution < 1.29 is 22.7 Å². The lowest BCUT2D eigenvalue weighted by molar-refractivity contribution is 0.172. The molecule has 2 aromatic rings. The molecule has 10 nitrogen and oxygen atoms in total. The molecule has 0 fully saturated rings. The zero-order chi connectivity index (χ0) is 21.6. The van der Waals surface area contributed by atoms with Gasteiger partial charge in [-0.1, -0.05) is 27.2 Å². The van der Waals surface area contributed by atoms with Gasteiger partial charge in [-0.05, 0) is 6.42 Å². The van der Waals surface area contributed by atoms with E-state index in [2.05, 4.69) is 10.4 Å². The van der Waals surface area contributed by atoms with Gasteiger partial charge in [0, 0.05) is 32.2 Å². The SMILES string of the molecule is CCCC(O)CN(c1cnn(C)c1)S(=O)(=O)NC(=O)Nc1cc(CC)oc1CC. The summed E-state index contributed by atoms with van der Waals surface area (Å²) in [6, 6.07) is 0.761. The Morgan fingerprint density at radius 2 is 2.07 bits per heavy atom. The number of urea groups is 1. The van der Waals surface area contributed by atoms with Gasteiger partial charge in [-0.15, -0.1) is 0 Å². The predicted octanol–water partition coefficient (Wildman–Crippen LogP) is 2.17. The number of aromatic nitrogens is 2. The molecule has 0 aromatic carbocycles. The van der Waals surface area contributed by atoms with E-state index in [4.69, 9.17) is 4.42 Å². The van der Waals surface area contributed by atoms with Gasteiger partial charge in [0.15, 0.2) is 0 Å². The summed E-state index contributed by atoms with van der Waals surface area (Å²) >= 11 is 0. The minimum atomic E-state index is -4.29.